The number of phenolic OH excluding ortho intramolecular Hbond substituents is 1. The van der Waals surface area contributed by atoms with Crippen molar-refractivity contribution in [3.05, 3.63) is 23.8 Å². The highest BCUT2D eigenvalue weighted by Crippen LogP contribution is 2.34. The zero-order valence-corrected chi connectivity index (χ0v) is 20.7. The molecular formula is C18H29N3O9S3. The van der Waals surface area contributed by atoms with Gasteiger partial charge in [-0.2, -0.15) is 16.8 Å². The van der Waals surface area contributed by atoms with Crippen LogP contribution in [0.25, 0.3) is 0 Å². The van der Waals surface area contributed by atoms with Crippen molar-refractivity contribution < 1.29 is 39.7 Å². The van der Waals surface area contributed by atoms with Crippen molar-refractivity contribution in [1.29, 1.82) is 0 Å². The van der Waals surface area contributed by atoms with E-state index in [1.54, 1.807) is 6.07 Å². The second-order valence-electron chi connectivity index (χ2n) is 7.98. The number of carbonyl (C=O) groups excluding carboxylic acids is 1. The Bertz CT molecular complexity index is 1180. The number of phenols is 1. The molecule has 1 amide bonds. The average molecular weight is 528 g/mol. The molecule has 1 saturated heterocycles. The van der Waals surface area contributed by atoms with Gasteiger partial charge in [0.25, 0.3) is 16.0 Å². The molecule has 33 heavy (non-hydrogen) atoms. The predicted molar refractivity (Wildman–Crippen MR) is 122 cm³/mol. The van der Waals surface area contributed by atoms with Gasteiger partial charge in [-0.25, -0.2) is 22.2 Å². The van der Waals surface area contributed by atoms with E-state index in [4.69, 9.17) is 4.55 Å². The molecule has 1 heterocycles. The SMILES string of the molecule is CCS(=O)(=O)O.CS(=O)(=O)N[C@H]1CCCC[C@@H]1Cc1ccc(N2CC(=O)NS2(=O)=O)c(O)c1. The van der Waals surface area contributed by atoms with E-state index in [-0.39, 0.29) is 35.7 Å². The van der Waals surface area contributed by atoms with Crippen LogP contribution in [-0.2, 0) is 41.6 Å². The van der Waals surface area contributed by atoms with Gasteiger partial charge in [0.2, 0.25) is 10.0 Å². The molecular weight excluding hydrogens is 498 g/mol. The van der Waals surface area contributed by atoms with Crippen molar-refractivity contribution >= 4 is 41.9 Å². The largest absolute Gasteiger partial charge is 0.506 e. The Hall–Kier alpha value is -1.94. The lowest BCUT2D eigenvalue weighted by Crippen LogP contribution is -2.42. The summed E-state index contributed by atoms with van der Waals surface area (Å²) in [5.74, 6) is -1.00. The van der Waals surface area contributed by atoms with Crippen molar-refractivity contribution in [2.24, 2.45) is 5.92 Å². The van der Waals surface area contributed by atoms with Crippen molar-refractivity contribution in [3.8, 4) is 5.75 Å². The fourth-order valence-corrected chi connectivity index (χ4v) is 5.78. The summed E-state index contributed by atoms with van der Waals surface area (Å²) in [6, 6.07) is 4.47. The number of aromatic hydroxyl groups is 1. The summed E-state index contributed by atoms with van der Waals surface area (Å²) in [5.41, 5.74) is 0.811. The van der Waals surface area contributed by atoms with E-state index in [0.717, 1.165) is 41.8 Å². The molecule has 2 aliphatic rings. The van der Waals surface area contributed by atoms with Crippen LogP contribution in [0, 0.1) is 5.92 Å². The molecule has 188 valence electrons. The number of rotatable bonds is 6. The maximum atomic E-state index is 11.9. The number of benzene rings is 1. The molecule has 1 aromatic carbocycles. The molecule has 0 unspecified atom stereocenters. The minimum absolute atomic E-state index is 0.0338. The number of carbonyl (C=O) groups is 1. The molecule has 1 saturated carbocycles. The van der Waals surface area contributed by atoms with Crippen molar-refractivity contribution in [1.82, 2.24) is 9.44 Å². The van der Waals surface area contributed by atoms with Crippen LogP contribution < -0.4 is 13.7 Å². The maximum Gasteiger partial charge on any atom is 0.326 e. The molecule has 0 spiro atoms. The smallest absolute Gasteiger partial charge is 0.326 e. The first-order valence-electron chi connectivity index (χ1n) is 10.2. The molecule has 2 atom stereocenters. The Morgan fingerprint density at radius 3 is 2.27 bits per heavy atom. The minimum atomic E-state index is -3.98. The molecule has 1 aliphatic carbocycles. The first-order chi connectivity index (χ1) is 15.1. The van der Waals surface area contributed by atoms with Crippen LogP contribution in [0.3, 0.4) is 0 Å². The van der Waals surface area contributed by atoms with Crippen LogP contribution in [0.1, 0.15) is 38.2 Å². The van der Waals surface area contributed by atoms with Crippen LogP contribution in [0.2, 0.25) is 0 Å². The number of nitrogens with one attached hydrogen (secondary N) is 2. The molecule has 0 bridgehead atoms. The standard InChI is InChI=1S/C16H23N3O6S2.C2H6O3S/c1-26(22,23)17-13-5-3-2-4-12(13)8-11-6-7-14(15(20)9-11)19-10-16(21)18-27(19,24)25;1-2-6(3,4)5/h6-7,9,12-13,17,20H,2-5,8,10H2,1H3,(H,18,21);2H2,1H3,(H,3,4,5)/t12-,13+;/m1./s1. The molecule has 0 radical (unpaired) electrons. The van der Waals surface area contributed by atoms with Gasteiger partial charge in [-0.3, -0.25) is 9.35 Å². The maximum absolute atomic E-state index is 11.9. The molecule has 0 aromatic heterocycles. The van der Waals surface area contributed by atoms with Crippen LogP contribution in [0.15, 0.2) is 18.2 Å². The van der Waals surface area contributed by atoms with Gasteiger partial charge in [0.1, 0.15) is 12.3 Å². The number of anilines is 1. The zero-order chi connectivity index (χ0) is 25.0. The lowest BCUT2D eigenvalue weighted by Gasteiger charge is -2.31. The van der Waals surface area contributed by atoms with Gasteiger partial charge in [0.05, 0.1) is 17.7 Å². The van der Waals surface area contributed by atoms with Crippen LogP contribution in [0.5, 0.6) is 5.75 Å². The third-order valence-corrected chi connectivity index (χ3v) is 8.12. The van der Waals surface area contributed by atoms with E-state index in [0.29, 0.717) is 6.42 Å². The van der Waals surface area contributed by atoms with Gasteiger partial charge >= 0.3 is 10.2 Å². The second kappa shape index (κ2) is 10.5. The van der Waals surface area contributed by atoms with E-state index >= 15 is 0 Å². The summed E-state index contributed by atoms with van der Waals surface area (Å²) in [7, 11) is -11.0. The third kappa shape index (κ3) is 8.41. The number of hydrogen-bond donors (Lipinski definition) is 4. The fourth-order valence-electron chi connectivity index (χ4n) is 3.75. The van der Waals surface area contributed by atoms with Crippen LogP contribution in [0.4, 0.5) is 5.69 Å². The van der Waals surface area contributed by atoms with Crippen LogP contribution in [-0.4, -0.2) is 65.4 Å². The van der Waals surface area contributed by atoms with Crippen molar-refractivity contribution in [2.45, 2.75) is 45.1 Å². The average Bonchev–Trinajstić information content (AvgIpc) is 2.94. The molecule has 3 rings (SSSR count). The summed E-state index contributed by atoms with van der Waals surface area (Å²) < 4.78 is 79.3. The Kier molecular flexibility index (Phi) is 8.73. The van der Waals surface area contributed by atoms with E-state index in [1.165, 1.54) is 19.1 Å². The summed E-state index contributed by atoms with van der Waals surface area (Å²) in [6.45, 7) is 0.994. The number of nitrogens with zero attached hydrogens (tertiary/aromatic N) is 1. The second-order valence-corrected chi connectivity index (χ2v) is 13.1. The highest BCUT2D eigenvalue weighted by Gasteiger charge is 2.35. The number of hydrogen-bond acceptors (Lipinski definition) is 8. The number of sulfonamides is 1. The highest BCUT2D eigenvalue weighted by atomic mass is 32.2. The Morgan fingerprint density at radius 1 is 1.18 bits per heavy atom. The third-order valence-electron chi connectivity index (χ3n) is 5.27. The van der Waals surface area contributed by atoms with Gasteiger partial charge in [-0.15, -0.1) is 0 Å². The van der Waals surface area contributed by atoms with Crippen LogP contribution >= 0.6 is 0 Å². The van der Waals surface area contributed by atoms with E-state index < -0.39 is 36.3 Å². The molecule has 12 nitrogen and oxygen atoms in total. The van der Waals surface area contributed by atoms with Gasteiger partial charge in [-0.1, -0.05) is 18.9 Å². The Labute approximate surface area is 194 Å². The first-order valence-corrected chi connectivity index (χ1v) is 15.1. The van der Waals surface area contributed by atoms with Crippen molar-refractivity contribution in [2.75, 3.05) is 22.9 Å². The van der Waals surface area contributed by atoms with E-state index in [1.807, 2.05) is 4.72 Å². The lowest BCUT2D eigenvalue weighted by molar-refractivity contribution is -0.117. The van der Waals surface area contributed by atoms with E-state index in [2.05, 4.69) is 4.72 Å². The molecule has 1 aromatic rings. The van der Waals surface area contributed by atoms with Gasteiger partial charge in [-0.05, 0) is 49.8 Å². The zero-order valence-electron chi connectivity index (χ0n) is 18.3. The predicted octanol–water partition coefficient (Wildman–Crippen LogP) is 0.118. The van der Waals surface area contributed by atoms with Crippen molar-refractivity contribution in [3.63, 3.8) is 0 Å². The highest BCUT2D eigenvalue weighted by molar-refractivity contribution is 7.92. The summed E-state index contributed by atoms with van der Waals surface area (Å²) >= 11 is 0. The van der Waals surface area contributed by atoms with E-state index in [9.17, 15) is 35.2 Å². The molecule has 4 N–H and O–H groups in total. The fraction of sp³-hybridized carbons (Fsp3) is 0.611. The normalized spacial score (nSPS) is 22.9. The summed E-state index contributed by atoms with van der Waals surface area (Å²) in [4.78, 5) is 11.4. The van der Waals surface area contributed by atoms with Gasteiger partial charge in [0.15, 0.2) is 0 Å². The summed E-state index contributed by atoms with van der Waals surface area (Å²) in [5, 5.41) is 10.3. The summed E-state index contributed by atoms with van der Waals surface area (Å²) in [6.07, 6.45) is 5.31. The monoisotopic (exact) mass is 527 g/mol. The lowest BCUT2D eigenvalue weighted by atomic mass is 9.81. The molecule has 2 fully saturated rings. The Morgan fingerprint density at radius 2 is 1.79 bits per heavy atom. The quantitative estimate of drug-likeness (QED) is 0.373. The molecule has 1 aliphatic heterocycles. The topological polar surface area (TPSA) is 187 Å². The first kappa shape index (κ1) is 27.3. The van der Waals surface area contributed by atoms with Gasteiger partial charge in [0, 0.05) is 6.04 Å². The minimum Gasteiger partial charge on any atom is -0.506 e. The number of amides is 1. The van der Waals surface area contributed by atoms with Gasteiger partial charge < -0.3 is 5.11 Å². The molecule has 15 heteroatoms. The Balaban J connectivity index is 0.000000569.